The van der Waals surface area contributed by atoms with E-state index in [2.05, 4.69) is 365 Å². The van der Waals surface area contributed by atoms with Gasteiger partial charge in [-0.2, -0.15) is 0 Å². The summed E-state index contributed by atoms with van der Waals surface area (Å²) in [7, 11) is 0. The van der Waals surface area contributed by atoms with Gasteiger partial charge in [0.1, 0.15) is 11.5 Å². The number of rotatable bonds is 29. The van der Waals surface area contributed by atoms with Crippen LogP contribution in [0.25, 0.3) is 11.1 Å². The molecule has 6 aliphatic carbocycles. The minimum Gasteiger partial charge on any atom is -0.493 e. The minimum atomic E-state index is -0.528. The lowest BCUT2D eigenvalue weighted by Gasteiger charge is -2.40. The van der Waals surface area contributed by atoms with Gasteiger partial charge in [0.2, 0.25) is 0 Å². The van der Waals surface area contributed by atoms with Crippen LogP contribution >= 0.6 is 23.5 Å². The highest BCUT2D eigenvalue weighted by atomic mass is 32.2. The molecule has 0 amide bonds. The van der Waals surface area contributed by atoms with Crippen LogP contribution < -0.4 is 19.3 Å². The van der Waals surface area contributed by atoms with Crippen LogP contribution in [-0.2, 0) is 36.5 Å². The molecule has 12 aromatic carbocycles. The van der Waals surface area contributed by atoms with Crippen molar-refractivity contribution in [1.29, 1.82) is 0 Å². The number of benzene rings is 12. The Balaban J connectivity index is 0.684. The molecule has 0 fully saturated rings. The second-order valence-electron chi connectivity index (χ2n) is 31.9. The fraction of sp³-hybridized carbons (Fsp3) is 0.245. The quantitative estimate of drug-likeness (QED) is 0.0463. The smallest absolute Gasteiger partial charge is 0.119 e. The van der Waals surface area contributed by atoms with Crippen molar-refractivity contribution in [2.24, 2.45) is 23.7 Å². The summed E-state index contributed by atoms with van der Waals surface area (Å²) in [6.45, 7) is 10.6. The number of hydrogen-bond donors (Lipinski definition) is 0. The molecule has 0 saturated carbocycles. The summed E-state index contributed by atoms with van der Waals surface area (Å²) >= 11 is 3.74. The molecular formula is C106H100N2O2S2. The number of aryl methyl sites for hydroxylation is 4. The average molecular weight is 1500 g/mol. The van der Waals surface area contributed by atoms with Crippen molar-refractivity contribution in [2.75, 3.05) is 23.0 Å². The fourth-order valence-electron chi connectivity index (χ4n) is 19.2. The van der Waals surface area contributed by atoms with E-state index in [4.69, 9.17) is 9.47 Å². The molecule has 4 nitrogen and oxygen atoms in total. The van der Waals surface area contributed by atoms with E-state index in [9.17, 15) is 0 Å². The monoisotopic (exact) mass is 1500 g/mol. The average Bonchev–Trinajstić information content (AvgIpc) is 1.54. The summed E-state index contributed by atoms with van der Waals surface area (Å²) in [5, 5.41) is 0. The van der Waals surface area contributed by atoms with Gasteiger partial charge in [-0.25, -0.2) is 0 Å². The zero-order valence-electron chi connectivity index (χ0n) is 65.1. The Kier molecular flexibility index (Phi) is 21.1. The lowest BCUT2D eigenvalue weighted by molar-refractivity contribution is 0.233. The van der Waals surface area contributed by atoms with Gasteiger partial charge in [0.25, 0.3) is 0 Å². The van der Waals surface area contributed by atoms with Gasteiger partial charge in [-0.05, 0) is 268 Å². The Morgan fingerprint density at radius 1 is 0.366 bits per heavy atom. The van der Waals surface area contributed by atoms with Gasteiger partial charge in [0.15, 0.2) is 0 Å². The maximum absolute atomic E-state index is 6.66. The van der Waals surface area contributed by atoms with E-state index in [-0.39, 0.29) is 23.7 Å². The number of fused-ring (bicyclic) bond motifs is 8. The number of allylic oxidation sites excluding steroid dienone is 7. The molecular weight excluding hydrogens is 1400 g/mol. The molecule has 0 saturated heterocycles. The Morgan fingerprint density at radius 2 is 0.795 bits per heavy atom. The highest BCUT2D eigenvalue weighted by Gasteiger charge is 2.55. The summed E-state index contributed by atoms with van der Waals surface area (Å²) in [6, 6.07) is 109. The van der Waals surface area contributed by atoms with Crippen LogP contribution in [0.4, 0.5) is 28.4 Å². The third kappa shape index (κ3) is 13.9. The van der Waals surface area contributed by atoms with Crippen LogP contribution in [0.3, 0.4) is 0 Å². The summed E-state index contributed by atoms with van der Waals surface area (Å²) in [4.78, 5) is 10.0. The number of nitrogens with zero attached hydrogens (tertiary/aromatic N) is 2. The Labute approximate surface area is 673 Å². The molecule has 6 aliphatic rings. The van der Waals surface area contributed by atoms with E-state index in [0.29, 0.717) is 11.8 Å². The SMILES string of the molecule is CCCCC(CC)COc1ccc(C2(c3ccc(Sc4ccc5c(c4)CC5)cc3)c3ccccc3C3C=CC(N(c4ccccc4)c4ccc(-c5ccc(N(c6ccccc6)c6ccc7c(c6)C(c6ccc(OCC(CC)CCCC)cc6)(c6ccc(Sc8ccc9c(c8)CC9)cc6)C6C=CC=CC76)cc5)cc4)=CC32)cc1. The van der Waals surface area contributed by atoms with Crippen LogP contribution in [0.5, 0.6) is 11.5 Å². The molecule has 0 N–H and O–H groups in total. The fourth-order valence-corrected chi connectivity index (χ4v) is 21.0. The highest BCUT2D eigenvalue weighted by Crippen LogP contribution is 2.63. The topological polar surface area (TPSA) is 24.9 Å². The van der Waals surface area contributed by atoms with Crippen LogP contribution in [-0.4, -0.2) is 13.2 Å². The first-order valence-electron chi connectivity index (χ1n) is 41.4. The third-order valence-electron chi connectivity index (χ3n) is 25.5. The number of para-hydroxylation sites is 2. The van der Waals surface area contributed by atoms with Crippen molar-refractivity contribution < 1.29 is 9.47 Å². The van der Waals surface area contributed by atoms with Crippen LogP contribution in [0.1, 0.15) is 158 Å². The van der Waals surface area contributed by atoms with Crippen molar-refractivity contribution in [2.45, 2.75) is 147 Å². The van der Waals surface area contributed by atoms with E-state index in [1.165, 1.54) is 151 Å². The summed E-state index contributed by atoms with van der Waals surface area (Å²) < 4.78 is 13.3. The maximum Gasteiger partial charge on any atom is 0.119 e. The van der Waals surface area contributed by atoms with Gasteiger partial charge < -0.3 is 19.3 Å². The first-order chi connectivity index (χ1) is 55.3. The lowest BCUT2D eigenvalue weighted by atomic mass is 9.63. The van der Waals surface area contributed by atoms with Crippen molar-refractivity contribution >= 4 is 52.0 Å². The standard InChI is InChI=1S/C106H100N2O2S2/c1-5-9-21-73(7-3)71-109-91-55-41-81(42-56-91)105(83-45-61-93(62-46-83)111-95-59-39-77-31-33-79(77)67-95)101-29-19-17-27-97(101)99-65-53-89(69-103(99)105)107(85-23-13-11-14-24-85)87-49-35-75(36-50-87)76-37-51-88(52-38-76)108(86-25-15-12-16-26-86)90-54-66-100-98-28-18-20-30-102(98)106(104(100)70-90,82-43-57-92(58-44-82)110-72-74(8-4)22-10-6-2)84-47-63-94(64-48-84)112-96-60-40-78-32-34-80(78)68-96/h11-20,23-30,35-70,73-74,97,100-101,104H,5-10,21-22,31-34,71-72H2,1-4H3. The third-order valence-corrected chi connectivity index (χ3v) is 27.5. The van der Waals surface area contributed by atoms with Crippen molar-refractivity contribution in [3.05, 3.63) is 400 Å². The molecule has 0 aliphatic heterocycles. The number of anilines is 5. The predicted octanol–water partition coefficient (Wildman–Crippen LogP) is 28.0. The molecule has 0 radical (unpaired) electrons. The first kappa shape index (κ1) is 73.0. The Bertz CT molecular complexity index is 5440. The second kappa shape index (κ2) is 32.3. The number of ether oxygens (including phenoxy) is 2. The predicted molar refractivity (Wildman–Crippen MR) is 469 cm³/mol. The van der Waals surface area contributed by atoms with Gasteiger partial charge >= 0.3 is 0 Å². The molecule has 558 valence electrons. The Hall–Kier alpha value is -10.5. The molecule has 18 rings (SSSR count). The van der Waals surface area contributed by atoms with E-state index in [1.807, 2.05) is 23.5 Å². The Morgan fingerprint density at radius 3 is 1.29 bits per heavy atom. The van der Waals surface area contributed by atoms with Gasteiger partial charge in [0.05, 0.1) is 24.0 Å². The number of unbranched alkanes of at least 4 members (excludes halogenated alkanes) is 2. The van der Waals surface area contributed by atoms with E-state index in [1.54, 1.807) is 0 Å². The molecule has 8 atom stereocenters. The van der Waals surface area contributed by atoms with Gasteiger partial charge in [-0.1, -0.05) is 278 Å². The van der Waals surface area contributed by atoms with Crippen molar-refractivity contribution in [3.63, 3.8) is 0 Å². The van der Waals surface area contributed by atoms with Gasteiger partial charge in [-0.15, -0.1) is 0 Å². The number of hydrogen-bond acceptors (Lipinski definition) is 6. The molecule has 0 heterocycles. The van der Waals surface area contributed by atoms with E-state index < -0.39 is 10.8 Å². The molecule has 0 aromatic heterocycles. The van der Waals surface area contributed by atoms with Crippen LogP contribution in [0, 0.1) is 23.7 Å². The highest BCUT2D eigenvalue weighted by molar-refractivity contribution is 7.99. The molecule has 8 unspecified atom stereocenters. The lowest BCUT2D eigenvalue weighted by Crippen LogP contribution is -2.36. The van der Waals surface area contributed by atoms with E-state index in [0.717, 1.165) is 82.8 Å². The summed E-state index contributed by atoms with van der Waals surface area (Å²) in [5.41, 5.74) is 24.4. The largest absolute Gasteiger partial charge is 0.493 e. The summed E-state index contributed by atoms with van der Waals surface area (Å²) in [6.07, 6.45) is 31.2. The van der Waals surface area contributed by atoms with Gasteiger partial charge in [-0.3, -0.25) is 0 Å². The molecule has 0 bridgehead atoms. The molecule has 112 heavy (non-hydrogen) atoms. The van der Waals surface area contributed by atoms with Crippen LogP contribution in [0.2, 0.25) is 0 Å². The van der Waals surface area contributed by atoms with Crippen molar-refractivity contribution in [1.82, 2.24) is 0 Å². The van der Waals surface area contributed by atoms with E-state index >= 15 is 0 Å². The van der Waals surface area contributed by atoms with Crippen molar-refractivity contribution in [3.8, 4) is 22.6 Å². The summed E-state index contributed by atoms with van der Waals surface area (Å²) in [5.74, 6) is 3.43. The minimum absolute atomic E-state index is 0.0352. The second-order valence-corrected chi connectivity index (χ2v) is 34.1. The maximum atomic E-state index is 6.66. The molecule has 6 heteroatoms. The zero-order chi connectivity index (χ0) is 75.5. The first-order valence-corrected chi connectivity index (χ1v) is 43.1. The molecule has 0 spiro atoms. The van der Waals surface area contributed by atoms with Crippen LogP contribution in [0.15, 0.2) is 353 Å². The normalized spacial score (nSPS) is 19.7. The van der Waals surface area contributed by atoms with Gasteiger partial charge in [0, 0.05) is 77.4 Å². The molecule has 12 aromatic rings. The zero-order valence-corrected chi connectivity index (χ0v) is 66.7.